The van der Waals surface area contributed by atoms with E-state index in [4.69, 9.17) is 0 Å². The van der Waals surface area contributed by atoms with Crippen molar-refractivity contribution in [3.63, 3.8) is 0 Å². The van der Waals surface area contributed by atoms with E-state index in [9.17, 15) is 19.2 Å². The maximum atomic E-state index is 11.4. The largest absolute Gasteiger partial charge is 0.467 e. The number of carbonyl (C=O) groups is 4. The third kappa shape index (κ3) is 6.53. The summed E-state index contributed by atoms with van der Waals surface area (Å²) in [6.45, 7) is 2.88. The minimum atomic E-state index is -0.825. The smallest absolute Gasteiger partial charge is 0.328 e. The van der Waals surface area contributed by atoms with Crippen molar-refractivity contribution in [1.82, 2.24) is 10.6 Å². The van der Waals surface area contributed by atoms with Gasteiger partial charge in [0.1, 0.15) is 12.1 Å². The van der Waals surface area contributed by atoms with E-state index in [0.29, 0.717) is 0 Å². The van der Waals surface area contributed by atoms with E-state index in [1.165, 1.54) is 28.1 Å². The van der Waals surface area contributed by atoms with Gasteiger partial charge in [-0.05, 0) is 13.8 Å². The van der Waals surface area contributed by atoms with E-state index >= 15 is 0 Å². The molecule has 0 fully saturated rings. The maximum absolute atomic E-state index is 11.4. The number of hydrogen-bond donors (Lipinski definition) is 2. The summed E-state index contributed by atoms with van der Waals surface area (Å²) in [4.78, 5) is 44.8. The Morgan fingerprint density at radius 3 is 1.35 bits per heavy atom. The standard InChI is InChI=1S/C12H18N2O6/c1-7(11(17)19-3)13-9(15)5-6-10(16)14-8(2)12(18)20-4/h5-8H,1-4H3,(H,13,15)(H,14,16). The van der Waals surface area contributed by atoms with Gasteiger partial charge in [-0.15, -0.1) is 0 Å². The molecule has 0 aromatic carbocycles. The molecule has 2 atom stereocenters. The molecule has 2 N–H and O–H groups in total. The summed E-state index contributed by atoms with van der Waals surface area (Å²) >= 11 is 0. The molecule has 0 saturated carbocycles. The molecule has 0 aliphatic rings. The van der Waals surface area contributed by atoms with Crippen LogP contribution >= 0.6 is 0 Å². The fourth-order valence-electron chi connectivity index (χ4n) is 1.15. The average Bonchev–Trinajstić information content (AvgIpc) is 2.42. The predicted molar refractivity (Wildman–Crippen MR) is 68.4 cm³/mol. The molecule has 0 bridgehead atoms. The SMILES string of the molecule is COC(=O)C(C)NC(=O)C=CC(=O)NC(C)C(=O)OC. The Kier molecular flexibility index (Phi) is 7.64. The maximum Gasteiger partial charge on any atom is 0.328 e. The molecule has 0 radical (unpaired) electrons. The molecule has 0 aliphatic carbocycles. The summed E-state index contributed by atoms with van der Waals surface area (Å²) < 4.78 is 8.84. The van der Waals surface area contributed by atoms with Crippen LogP contribution in [0.4, 0.5) is 0 Å². The van der Waals surface area contributed by atoms with Crippen LogP contribution in [0.15, 0.2) is 12.2 Å². The molecule has 0 aromatic rings. The van der Waals surface area contributed by atoms with Crippen LogP contribution in [0.1, 0.15) is 13.8 Å². The highest BCUT2D eigenvalue weighted by atomic mass is 16.5. The number of carbonyl (C=O) groups excluding carboxylic acids is 4. The van der Waals surface area contributed by atoms with Crippen LogP contribution in [-0.2, 0) is 28.7 Å². The molecule has 20 heavy (non-hydrogen) atoms. The van der Waals surface area contributed by atoms with E-state index in [1.54, 1.807) is 0 Å². The molecule has 0 heterocycles. The predicted octanol–water partition coefficient (Wildman–Crippen LogP) is -1.10. The summed E-state index contributed by atoms with van der Waals surface area (Å²) in [5.74, 6) is -2.47. The van der Waals surface area contributed by atoms with Gasteiger partial charge in [-0.3, -0.25) is 9.59 Å². The van der Waals surface area contributed by atoms with Gasteiger partial charge in [0.05, 0.1) is 14.2 Å². The first-order chi connectivity index (χ1) is 9.31. The Labute approximate surface area is 116 Å². The first kappa shape index (κ1) is 17.6. The van der Waals surface area contributed by atoms with Gasteiger partial charge < -0.3 is 20.1 Å². The molecule has 0 aromatic heterocycles. The second-order valence-corrected chi connectivity index (χ2v) is 3.84. The topological polar surface area (TPSA) is 111 Å². The first-order valence-electron chi connectivity index (χ1n) is 5.76. The van der Waals surface area contributed by atoms with Gasteiger partial charge in [0, 0.05) is 12.2 Å². The lowest BCUT2D eigenvalue weighted by molar-refractivity contribution is -0.144. The minimum Gasteiger partial charge on any atom is -0.467 e. The Morgan fingerprint density at radius 1 is 0.800 bits per heavy atom. The second kappa shape index (κ2) is 8.68. The molecule has 2 amide bonds. The first-order valence-corrected chi connectivity index (χ1v) is 5.76. The van der Waals surface area contributed by atoms with Crippen LogP contribution in [0, 0.1) is 0 Å². The highest BCUT2D eigenvalue weighted by molar-refractivity contribution is 5.99. The molecule has 8 nitrogen and oxygen atoms in total. The lowest BCUT2D eigenvalue weighted by Gasteiger charge is -2.10. The highest BCUT2D eigenvalue weighted by Crippen LogP contribution is 1.88. The van der Waals surface area contributed by atoms with Gasteiger partial charge in [-0.1, -0.05) is 0 Å². The third-order valence-corrected chi connectivity index (χ3v) is 2.21. The van der Waals surface area contributed by atoms with E-state index in [-0.39, 0.29) is 0 Å². The van der Waals surface area contributed by atoms with Crippen LogP contribution in [0.25, 0.3) is 0 Å². The van der Waals surface area contributed by atoms with Crippen molar-refractivity contribution in [3.8, 4) is 0 Å². The second-order valence-electron chi connectivity index (χ2n) is 3.84. The van der Waals surface area contributed by atoms with Crippen LogP contribution < -0.4 is 10.6 Å². The van der Waals surface area contributed by atoms with Crippen molar-refractivity contribution < 1.29 is 28.7 Å². The van der Waals surface area contributed by atoms with Crippen LogP contribution in [-0.4, -0.2) is 50.1 Å². The zero-order valence-corrected chi connectivity index (χ0v) is 11.8. The zero-order valence-electron chi connectivity index (χ0n) is 11.8. The fourth-order valence-corrected chi connectivity index (χ4v) is 1.15. The Balaban J connectivity index is 4.28. The van der Waals surface area contributed by atoms with Crippen molar-refractivity contribution in [2.45, 2.75) is 25.9 Å². The number of amides is 2. The highest BCUT2D eigenvalue weighted by Gasteiger charge is 2.16. The average molecular weight is 286 g/mol. The van der Waals surface area contributed by atoms with Gasteiger partial charge in [-0.25, -0.2) is 9.59 Å². The summed E-state index contributed by atoms with van der Waals surface area (Å²) in [5.41, 5.74) is 0. The number of esters is 2. The summed E-state index contributed by atoms with van der Waals surface area (Å²) in [6, 6.07) is -1.65. The van der Waals surface area contributed by atoms with Crippen molar-refractivity contribution in [2.75, 3.05) is 14.2 Å². The van der Waals surface area contributed by atoms with Crippen molar-refractivity contribution >= 4 is 23.8 Å². The quantitative estimate of drug-likeness (QED) is 0.473. The molecule has 112 valence electrons. The molecule has 8 heteroatoms. The number of methoxy groups -OCH3 is 2. The lowest BCUT2D eigenvalue weighted by Crippen LogP contribution is -2.39. The van der Waals surface area contributed by atoms with E-state index < -0.39 is 35.8 Å². The molecule has 0 saturated heterocycles. The van der Waals surface area contributed by atoms with Crippen molar-refractivity contribution in [3.05, 3.63) is 12.2 Å². The molecule has 0 rings (SSSR count). The van der Waals surface area contributed by atoms with Gasteiger partial charge in [0.15, 0.2) is 0 Å². The van der Waals surface area contributed by atoms with Gasteiger partial charge in [-0.2, -0.15) is 0 Å². The molecular weight excluding hydrogens is 268 g/mol. The number of rotatable bonds is 6. The Bertz CT molecular complexity index is 380. The Morgan fingerprint density at radius 2 is 1.10 bits per heavy atom. The summed E-state index contributed by atoms with van der Waals surface area (Å²) in [7, 11) is 2.39. The zero-order chi connectivity index (χ0) is 15.7. The molecular formula is C12H18N2O6. The molecule has 0 spiro atoms. The van der Waals surface area contributed by atoms with Crippen molar-refractivity contribution in [1.29, 1.82) is 0 Å². The van der Waals surface area contributed by atoms with Gasteiger partial charge >= 0.3 is 11.9 Å². The van der Waals surface area contributed by atoms with Gasteiger partial charge in [0.25, 0.3) is 0 Å². The lowest BCUT2D eigenvalue weighted by atomic mass is 10.3. The van der Waals surface area contributed by atoms with E-state index in [2.05, 4.69) is 20.1 Å². The third-order valence-electron chi connectivity index (χ3n) is 2.21. The van der Waals surface area contributed by atoms with Crippen LogP contribution in [0.5, 0.6) is 0 Å². The van der Waals surface area contributed by atoms with E-state index in [1.807, 2.05) is 0 Å². The molecule has 0 aliphatic heterocycles. The number of nitrogens with one attached hydrogen (secondary N) is 2. The minimum absolute atomic E-state index is 0.601. The van der Waals surface area contributed by atoms with Crippen LogP contribution in [0.2, 0.25) is 0 Å². The van der Waals surface area contributed by atoms with Gasteiger partial charge in [0.2, 0.25) is 11.8 Å². The monoisotopic (exact) mass is 286 g/mol. The molecule has 2 unspecified atom stereocenters. The normalized spacial score (nSPS) is 13.2. The summed E-state index contributed by atoms with van der Waals surface area (Å²) in [6.07, 6.45) is 1.89. The fraction of sp³-hybridized carbons (Fsp3) is 0.500. The summed E-state index contributed by atoms with van der Waals surface area (Å²) in [5, 5.41) is 4.60. The Hall–Kier alpha value is -2.38. The van der Waals surface area contributed by atoms with E-state index in [0.717, 1.165) is 12.2 Å². The van der Waals surface area contributed by atoms with Crippen LogP contribution in [0.3, 0.4) is 0 Å². The number of hydrogen-bond acceptors (Lipinski definition) is 6. The number of ether oxygens (including phenoxy) is 2. The van der Waals surface area contributed by atoms with Crippen molar-refractivity contribution in [2.24, 2.45) is 0 Å².